The summed E-state index contributed by atoms with van der Waals surface area (Å²) in [5, 5.41) is 11.3. The molecule has 1 aliphatic heterocycles. The fourth-order valence-corrected chi connectivity index (χ4v) is 3.62. The Morgan fingerprint density at radius 2 is 1.45 bits per heavy atom. The summed E-state index contributed by atoms with van der Waals surface area (Å²) in [6.45, 7) is 1.52. The van der Waals surface area contributed by atoms with Crippen molar-refractivity contribution in [2.45, 2.75) is 0 Å². The van der Waals surface area contributed by atoms with Gasteiger partial charge in [0.15, 0.2) is 6.61 Å². The molecule has 0 aromatic heterocycles. The van der Waals surface area contributed by atoms with Gasteiger partial charge in [0.25, 0.3) is 11.8 Å². The van der Waals surface area contributed by atoms with E-state index in [-0.39, 0.29) is 24.0 Å². The molecular formula is C24H22N2O5. The van der Waals surface area contributed by atoms with E-state index in [1.165, 1.54) is 12.1 Å². The van der Waals surface area contributed by atoms with E-state index in [0.29, 0.717) is 37.5 Å². The lowest BCUT2D eigenvalue weighted by molar-refractivity contribution is -0.134. The van der Waals surface area contributed by atoms with E-state index in [4.69, 9.17) is 9.84 Å². The summed E-state index contributed by atoms with van der Waals surface area (Å²) in [7, 11) is 0. The maximum atomic E-state index is 12.7. The number of rotatable bonds is 5. The zero-order valence-corrected chi connectivity index (χ0v) is 16.9. The van der Waals surface area contributed by atoms with Gasteiger partial charge in [-0.25, -0.2) is 4.79 Å². The van der Waals surface area contributed by atoms with Gasteiger partial charge < -0.3 is 19.6 Å². The Morgan fingerprint density at radius 1 is 0.774 bits per heavy atom. The molecule has 3 aromatic rings. The van der Waals surface area contributed by atoms with Crippen LogP contribution in [-0.4, -0.2) is 65.5 Å². The van der Waals surface area contributed by atoms with Crippen molar-refractivity contribution < 1.29 is 24.2 Å². The minimum absolute atomic E-state index is 0.0626. The molecule has 0 unspecified atom stereocenters. The summed E-state index contributed by atoms with van der Waals surface area (Å²) in [6, 6.07) is 19.6. The molecule has 2 amide bonds. The maximum Gasteiger partial charge on any atom is 0.335 e. The van der Waals surface area contributed by atoms with Crippen LogP contribution < -0.4 is 4.74 Å². The van der Waals surface area contributed by atoms with Gasteiger partial charge in [0, 0.05) is 31.7 Å². The number of fused-ring (bicyclic) bond motifs is 1. The van der Waals surface area contributed by atoms with Crippen LogP contribution in [0.25, 0.3) is 10.8 Å². The molecule has 4 rings (SSSR count). The van der Waals surface area contributed by atoms with E-state index in [9.17, 15) is 14.4 Å². The van der Waals surface area contributed by atoms with E-state index >= 15 is 0 Å². The number of carbonyl (C=O) groups is 3. The second-order valence-electron chi connectivity index (χ2n) is 7.36. The lowest BCUT2D eigenvalue weighted by Crippen LogP contribution is -2.51. The normalized spacial score (nSPS) is 13.8. The van der Waals surface area contributed by atoms with E-state index in [1.54, 1.807) is 21.9 Å². The number of carboxylic acids is 1. The molecule has 0 atom stereocenters. The highest BCUT2D eigenvalue weighted by molar-refractivity contribution is 5.97. The van der Waals surface area contributed by atoms with Crippen LogP contribution in [0.15, 0.2) is 66.7 Å². The average Bonchev–Trinajstić information content (AvgIpc) is 2.82. The largest absolute Gasteiger partial charge is 0.484 e. The van der Waals surface area contributed by atoms with Crippen LogP contribution >= 0.6 is 0 Å². The van der Waals surface area contributed by atoms with Crippen molar-refractivity contribution >= 4 is 28.6 Å². The highest BCUT2D eigenvalue weighted by Crippen LogP contribution is 2.20. The topological polar surface area (TPSA) is 87.2 Å². The van der Waals surface area contributed by atoms with E-state index in [0.717, 1.165) is 10.8 Å². The van der Waals surface area contributed by atoms with E-state index in [1.807, 2.05) is 42.5 Å². The molecule has 1 saturated heterocycles. The summed E-state index contributed by atoms with van der Waals surface area (Å²) in [5.41, 5.74) is 0.407. The maximum absolute atomic E-state index is 12.7. The number of hydrogen-bond acceptors (Lipinski definition) is 4. The van der Waals surface area contributed by atoms with Gasteiger partial charge in [0.1, 0.15) is 5.75 Å². The van der Waals surface area contributed by atoms with Crippen molar-refractivity contribution in [3.05, 3.63) is 77.9 Å². The second-order valence-corrected chi connectivity index (χ2v) is 7.36. The molecule has 0 spiro atoms. The molecular weight excluding hydrogens is 396 g/mol. The molecule has 7 heteroatoms. The van der Waals surface area contributed by atoms with Gasteiger partial charge in [-0.2, -0.15) is 0 Å². The molecule has 1 N–H and O–H groups in total. The minimum atomic E-state index is -1.07. The van der Waals surface area contributed by atoms with Crippen molar-refractivity contribution in [3.8, 4) is 5.75 Å². The van der Waals surface area contributed by atoms with Crippen LogP contribution in [0.4, 0.5) is 0 Å². The fourth-order valence-electron chi connectivity index (χ4n) is 3.62. The van der Waals surface area contributed by atoms with E-state index < -0.39 is 5.97 Å². The monoisotopic (exact) mass is 418 g/mol. The van der Waals surface area contributed by atoms with Crippen LogP contribution in [0.5, 0.6) is 5.75 Å². The molecule has 3 aromatic carbocycles. The molecule has 1 aliphatic rings. The van der Waals surface area contributed by atoms with Gasteiger partial charge in [-0.15, -0.1) is 0 Å². The first-order valence-electron chi connectivity index (χ1n) is 10.0. The first-order valence-corrected chi connectivity index (χ1v) is 10.0. The number of ether oxygens (including phenoxy) is 1. The highest BCUT2D eigenvalue weighted by atomic mass is 16.5. The van der Waals surface area contributed by atoms with Crippen LogP contribution in [0, 0.1) is 0 Å². The number of carbonyl (C=O) groups excluding carboxylic acids is 2. The van der Waals surface area contributed by atoms with Gasteiger partial charge in [0.2, 0.25) is 0 Å². The summed E-state index contributed by atoms with van der Waals surface area (Å²) >= 11 is 0. The Bertz CT molecular complexity index is 1140. The number of piperazine rings is 1. The van der Waals surface area contributed by atoms with Gasteiger partial charge in [-0.1, -0.05) is 36.4 Å². The van der Waals surface area contributed by atoms with Crippen molar-refractivity contribution in [2.75, 3.05) is 32.8 Å². The quantitative estimate of drug-likeness (QED) is 0.689. The number of benzene rings is 3. The molecule has 1 heterocycles. The van der Waals surface area contributed by atoms with Crippen LogP contribution in [0.3, 0.4) is 0 Å². The lowest BCUT2D eigenvalue weighted by atomic mass is 10.1. The number of aromatic carboxylic acids is 1. The SMILES string of the molecule is O=C(O)c1cccc(C(=O)N2CCN(C(=O)COc3ccc4ccccc4c3)CC2)c1. The second kappa shape index (κ2) is 8.87. The van der Waals surface area contributed by atoms with Gasteiger partial charge in [0.05, 0.1) is 5.56 Å². The standard InChI is InChI=1S/C24H22N2O5/c27-22(16-31-21-9-8-17-4-1-2-5-18(17)15-21)25-10-12-26(13-11-25)23(28)19-6-3-7-20(14-19)24(29)30/h1-9,14-15H,10-13,16H2,(H,29,30). The Labute approximate surface area is 179 Å². The van der Waals surface area contributed by atoms with Crippen molar-refractivity contribution in [3.63, 3.8) is 0 Å². The predicted molar refractivity (Wildman–Crippen MR) is 115 cm³/mol. The molecule has 7 nitrogen and oxygen atoms in total. The summed E-state index contributed by atoms with van der Waals surface area (Å²) in [6.07, 6.45) is 0. The number of carboxylic acid groups (broad SMARTS) is 1. The van der Waals surface area contributed by atoms with Crippen molar-refractivity contribution in [1.82, 2.24) is 9.80 Å². The summed E-state index contributed by atoms with van der Waals surface area (Å²) < 4.78 is 5.68. The van der Waals surface area contributed by atoms with Crippen molar-refractivity contribution in [2.24, 2.45) is 0 Å². The third-order valence-corrected chi connectivity index (χ3v) is 5.36. The van der Waals surface area contributed by atoms with Crippen LogP contribution in [0.1, 0.15) is 20.7 Å². The van der Waals surface area contributed by atoms with Crippen LogP contribution in [-0.2, 0) is 4.79 Å². The van der Waals surface area contributed by atoms with Crippen molar-refractivity contribution in [1.29, 1.82) is 0 Å². The first kappa shape index (κ1) is 20.4. The Kier molecular flexibility index (Phi) is 5.84. The van der Waals surface area contributed by atoms with Gasteiger partial charge in [-0.05, 0) is 41.1 Å². The number of amides is 2. The number of nitrogens with zero attached hydrogens (tertiary/aromatic N) is 2. The zero-order valence-electron chi connectivity index (χ0n) is 16.9. The molecule has 0 saturated carbocycles. The lowest BCUT2D eigenvalue weighted by Gasteiger charge is -2.34. The molecule has 1 fully saturated rings. The smallest absolute Gasteiger partial charge is 0.335 e. The fraction of sp³-hybridized carbons (Fsp3) is 0.208. The molecule has 0 aliphatic carbocycles. The Balaban J connectivity index is 1.30. The molecule has 31 heavy (non-hydrogen) atoms. The first-order chi connectivity index (χ1) is 15.0. The number of hydrogen-bond donors (Lipinski definition) is 1. The third-order valence-electron chi connectivity index (χ3n) is 5.36. The Hall–Kier alpha value is -3.87. The van der Waals surface area contributed by atoms with Crippen LogP contribution in [0.2, 0.25) is 0 Å². The highest BCUT2D eigenvalue weighted by Gasteiger charge is 2.25. The molecule has 0 bridgehead atoms. The summed E-state index contributed by atoms with van der Waals surface area (Å²) in [4.78, 5) is 39.6. The van der Waals surface area contributed by atoms with E-state index in [2.05, 4.69) is 0 Å². The predicted octanol–water partition coefficient (Wildman–Crippen LogP) is 2.90. The molecule has 158 valence electrons. The Morgan fingerprint density at radius 3 is 2.19 bits per heavy atom. The third kappa shape index (κ3) is 4.66. The zero-order chi connectivity index (χ0) is 21.8. The van der Waals surface area contributed by atoms with Gasteiger partial charge in [-0.3, -0.25) is 9.59 Å². The molecule has 0 radical (unpaired) electrons. The van der Waals surface area contributed by atoms with Gasteiger partial charge >= 0.3 is 5.97 Å². The minimum Gasteiger partial charge on any atom is -0.484 e. The average molecular weight is 418 g/mol. The summed E-state index contributed by atoms with van der Waals surface area (Å²) in [5.74, 6) is -0.800.